The van der Waals surface area contributed by atoms with Gasteiger partial charge in [0.1, 0.15) is 0 Å². The van der Waals surface area contributed by atoms with Gasteiger partial charge in [-0.3, -0.25) is 0 Å². The van der Waals surface area contributed by atoms with E-state index in [1.165, 1.54) is 6.42 Å². The molecule has 112 valence electrons. The Bertz CT molecular complexity index is 552. The summed E-state index contributed by atoms with van der Waals surface area (Å²) in [6.07, 6.45) is 5.24. The van der Waals surface area contributed by atoms with Crippen molar-refractivity contribution in [2.45, 2.75) is 42.9 Å². The van der Waals surface area contributed by atoms with Crippen LogP contribution in [-0.2, 0) is 15.9 Å². The van der Waals surface area contributed by atoms with Crippen LogP contribution in [0.1, 0.15) is 37.7 Å². The molecule has 1 heterocycles. The number of sulfonamides is 1. The van der Waals surface area contributed by atoms with Gasteiger partial charge < -0.3 is 0 Å². The van der Waals surface area contributed by atoms with Crippen LogP contribution in [0.3, 0.4) is 0 Å². The second kappa shape index (κ2) is 7.12. The van der Waals surface area contributed by atoms with Gasteiger partial charge in [-0.25, -0.2) is 8.42 Å². The van der Waals surface area contributed by atoms with Crippen LogP contribution in [0.15, 0.2) is 23.1 Å². The highest BCUT2D eigenvalue weighted by molar-refractivity contribution is 7.89. The highest BCUT2D eigenvalue weighted by atomic mass is 35.5. The maximum absolute atomic E-state index is 12.7. The lowest BCUT2D eigenvalue weighted by Gasteiger charge is -2.24. The standard InChI is InChI=1S/C14H19Cl2NO2S/c15-11-12-10-13(6-7-14(12)16)20(18,19)17-8-4-2-1-3-5-9-17/h6-7,10H,1-5,8-9,11H2. The zero-order valence-corrected chi connectivity index (χ0v) is 13.6. The predicted octanol–water partition coefficient (Wildman–Crippen LogP) is 4.03. The fourth-order valence-corrected chi connectivity index (χ4v) is 4.46. The number of nitrogens with zero attached hydrogens (tertiary/aromatic N) is 1. The van der Waals surface area contributed by atoms with Crippen LogP contribution in [0.5, 0.6) is 0 Å². The van der Waals surface area contributed by atoms with E-state index < -0.39 is 10.0 Å². The first-order valence-electron chi connectivity index (χ1n) is 6.90. The highest BCUT2D eigenvalue weighted by Gasteiger charge is 2.25. The molecule has 0 radical (unpaired) electrons. The van der Waals surface area contributed by atoms with Gasteiger partial charge in [0.05, 0.1) is 4.90 Å². The molecule has 3 nitrogen and oxygen atoms in total. The van der Waals surface area contributed by atoms with E-state index in [4.69, 9.17) is 23.2 Å². The van der Waals surface area contributed by atoms with Gasteiger partial charge in [0.2, 0.25) is 10.0 Å². The smallest absolute Gasteiger partial charge is 0.207 e. The molecule has 1 aromatic rings. The van der Waals surface area contributed by atoms with Crippen LogP contribution < -0.4 is 0 Å². The van der Waals surface area contributed by atoms with E-state index in [-0.39, 0.29) is 10.8 Å². The summed E-state index contributed by atoms with van der Waals surface area (Å²) in [5.74, 6) is 0.211. The van der Waals surface area contributed by atoms with Crippen LogP contribution in [0.25, 0.3) is 0 Å². The Kier molecular flexibility index (Phi) is 5.73. The minimum atomic E-state index is -3.43. The number of benzene rings is 1. The van der Waals surface area contributed by atoms with E-state index >= 15 is 0 Å². The van der Waals surface area contributed by atoms with Gasteiger partial charge in [0, 0.05) is 24.0 Å². The van der Waals surface area contributed by atoms with E-state index in [0.29, 0.717) is 23.7 Å². The first-order valence-corrected chi connectivity index (χ1v) is 9.25. The summed E-state index contributed by atoms with van der Waals surface area (Å²) in [4.78, 5) is 0.290. The average Bonchev–Trinajstić information content (AvgIpc) is 2.38. The van der Waals surface area contributed by atoms with Gasteiger partial charge in [-0.05, 0) is 36.6 Å². The molecule has 1 fully saturated rings. The second-order valence-corrected chi connectivity index (χ2v) is 7.67. The molecule has 0 aromatic heterocycles. The lowest BCUT2D eigenvalue weighted by molar-refractivity contribution is 0.364. The lowest BCUT2D eigenvalue weighted by atomic mass is 10.1. The van der Waals surface area contributed by atoms with Crippen molar-refractivity contribution in [2.24, 2.45) is 0 Å². The van der Waals surface area contributed by atoms with E-state index in [9.17, 15) is 8.42 Å². The summed E-state index contributed by atoms with van der Waals surface area (Å²) in [5, 5.41) is 0.506. The van der Waals surface area contributed by atoms with Crippen molar-refractivity contribution in [3.8, 4) is 0 Å². The Morgan fingerprint density at radius 1 is 1.05 bits per heavy atom. The third kappa shape index (κ3) is 3.67. The Balaban J connectivity index is 2.28. The summed E-state index contributed by atoms with van der Waals surface area (Å²) in [5.41, 5.74) is 0.654. The molecular formula is C14H19Cl2NO2S. The maximum Gasteiger partial charge on any atom is 0.243 e. The third-order valence-electron chi connectivity index (χ3n) is 3.61. The fraction of sp³-hybridized carbons (Fsp3) is 0.571. The van der Waals surface area contributed by atoms with E-state index in [2.05, 4.69) is 0 Å². The van der Waals surface area contributed by atoms with Crippen molar-refractivity contribution >= 4 is 33.2 Å². The van der Waals surface area contributed by atoms with E-state index in [0.717, 1.165) is 25.7 Å². The van der Waals surface area contributed by atoms with Crippen molar-refractivity contribution in [1.29, 1.82) is 0 Å². The van der Waals surface area contributed by atoms with Gasteiger partial charge in [-0.1, -0.05) is 30.9 Å². The van der Waals surface area contributed by atoms with Gasteiger partial charge in [-0.2, -0.15) is 4.31 Å². The molecule has 0 bridgehead atoms. The fourth-order valence-electron chi connectivity index (χ4n) is 2.42. The Morgan fingerprint density at radius 2 is 1.65 bits per heavy atom. The van der Waals surface area contributed by atoms with Crippen molar-refractivity contribution in [3.63, 3.8) is 0 Å². The molecule has 0 spiro atoms. The number of halogens is 2. The van der Waals surface area contributed by atoms with Crippen LogP contribution in [0.4, 0.5) is 0 Å². The molecule has 1 aromatic carbocycles. The van der Waals surface area contributed by atoms with Crippen LogP contribution in [0.2, 0.25) is 5.02 Å². The van der Waals surface area contributed by atoms with Crippen molar-refractivity contribution in [2.75, 3.05) is 13.1 Å². The van der Waals surface area contributed by atoms with Crippen LogP contribution in [0, 0.1) is 0 Å². The molecular weight excluding hydrogens is 317 g/mol. The van der Waals surface area contributed by atoms with Gasteiger partial charge in [-0.15, -0.1) is 11.6 Å². The summed E-state index contributed by atoms with van der Waals surface area (Å²) < 4.78 is 26.9. The molecule has 0 amide bonds. The van der Waals surface area contributed by atoms with Crippen molar-refractivity contribution in [3.05, 3.63) is 28.8 Å². The molecule has 0 atom stereocenters. The van der Waals surface area contributed by atoms with Gasteiger partial charge in [0.25, 0.3) is 0 Å². The SMILES string of the molecule is O=S(=O)(c1ccc(Cl)c(CCl)c1)N1CCCCCCC1. The summed E-state index contributed by atoms with van der Waals surface area (Å²) in [7, 11) is -3.43. The van der Waals surface area contributed by atoms with E-state index in [1.54, 1.807) is 22.5 Å². The minimum Gasteiger partial charge on any atom is -0.207 e. The van der Waals surface area contributed by atoms with Crippen molar-refractivity contribution in [1.82, 2.24) is 4.31 Å². The largest absolute Gasteiger partial charge is 0.243 e. The molecule has 0 aliphatic carbocycles. The number of alkyl halides is 1. The van der Waals surface area contributed by atoms with Crippen LogP contribution in [-0.4, -0.2) is 25.8 Å². The lowest BCUT2D eigenvalue weighted by Crippen LogP contribution is -2.33. The first-order chi connectivity index (χ1) is 9.55. The monoisotopic (exact) mass is 335 g/mol. The zero-order valence-electron chi connectivity index (χ0n) is 11.3. The van der Waals surface area contributed by atoms with E-state index in [1.807, 2.05) is 0 Å². The molecule has 0 saturated carbocycles. The molecule has 1 saturated heterocycles. The second-order valence-electron chi connectivity index (χ2n) is 5.06. The number of rotatable bonds is 3. The molecule has 1 aliphatic rings. The molecule has 0 N–H and O–H groups in total. The van der Waals surface area contributed by atoms with Gasteiger partial charge in [0.15, 0.2) is 0 Å². The molecule has 0 unspecified atom stereocenters. The predicted molar refractivity (Wildman–Crippen MR) is 82.9 cm³/mol. The van der Waals surface area contributed by atoms with Gasteiger partial charge >= 0.3 is 0 Å². The summed E-state index contributed by atoms with van der Waals surface area (Å²) in [6.45, 7) is 1.20. The van der Waals surface area contributed by atoms with Crippen LogP contribution >= 0.6 is 23.2 Å². The van der Waals surface area contributed by atoms with Crippen molar-refractivity contribution < 1.29 is 8.42 Å². The molecule has 6 heteroatoms. The third-order valence-corrected chi connectivity index (χ3v) is 6.17. The Labute approximate surface area is 130 Å². The number of hydrogen-bond acceptors (Lipinski definition) is 2. The Morgan fingerprint density at radius 3 is 2.25 bits per heavy atom. The minimum absolute atomic E-state index is 0.211. The highest BCUT2D eigenvalue weighted by Crippen LogP contribution is 2.25. The summed E-state index contributed by atoms with van der Waals surface area (Å²) >= 11 is 11.8. The molecule has 20 heavy (non-hydrogen) atoms. The molecule has 2 rings (SSSR count). The normalized spacial score (nSPS) is 18.5. The quantitative estimate of drug-likeness (QED) is 0.782. The average molecular weight is 336 g/mol. The molecule has 1 aliphatic heterocycles. The first kappa shape index (κ1) is 16.1. The maximum atomic E-state index is 12.7. The summed E-state index contributed by atoms with van der Waals surface area (Å²) in [6, 6.07) is 4.76. The zero-order chi connectivity index (χ0) is 14.6. The number of hydrogen-bond donors (Lipinski definition) is 0. The topological polar surface area (TPSA) is 37.4 Å². The Hall–Kier alpha value is -0.290.